The predicted octanol–water partition coefficient (Wildman–Crippen LogP) is 7.72. The molecule has 0 aliphatic heterocycles. The molecular formula is C25H35F. The van der Waals surface area contributed by atoms with Crippen LogP contribution < -0.4 is 0 Å². The molecule has 1 heteroatoms. The van der Waals surface area contributed by atoms with E-state index >= 15 is 0 Å². The molecule has 0 radical (unpaired) electrons. The third-order valence-corrected chi connectivity index (χ3v) is 5.48. The zero-order valence-electron chi connectivity index (χ0n) is 17.8. The molecule has 0 bridgehead atoms. The Morgan fingerprint density at radius 1 is 1.12 bits per heavy atom. The van der Waals surface area contributed by atoms with Crippen LogP contribution in [-0.2, 0) is 11.8 Å². The molecule has 0 amide bonds. The summed E-state index contributed by atoms with van der Waals surface area (Å²) < 4.78 is 14.9. The minimum Gasteiger partial charge on any atom is -0.207 e. The molecule has 0 nitrogen and oxygen atoms in total. The first-order valence-electron chi connectivity index (χ1n) is 9.35. The molecule has 0 atom stereocenters. The maximum absolute atomic E-state index is 14.9. The van der Waals surface area contributed by atoms with Crippen molar-refractivity contribution in [2.24, 2.45) is 5.41 Å². The quantitative estimate of drug-likeness (QED) is 0.459. The molecule has 0 saturated heterocycles. The Morgan fingerprint density at radius 2 is 1.73 bits per heavy atom. The standard InChI is InChI=1S/C25H35F/c1-10-11-13-19(4)16-21(18(2)3)17-20-14-12-15-22(26)23(20)25(8,9)24(5,6)7/h10-16H,2,17H2,1,3-9H3/b11-10-,19-13+,21-16-. The molecule has 26 heavy (non-hydrogen) atoms. The maximum atomic E-state index is 14.9. The van der Waals surface area contributed by atoms with Crippen LogP contribution in [0, 0.1) is 11.2 Å². The summed E-state index contributed by atoms with van der Waals surface area (Å²) in [4.78, 5) is 0. The van der Waals surface area contributed by atoms with Crippen molar-refractivity contribution in [3.8, 4) is 0 Å². The Kier molecular flexibility index (Phi) is 7.38. The molecular weight excluding hydrogens is 319 g/mol. The van der Waals surface area contributed by atoms with E-state index in [1.54, 1.807) is 6.07 Å². The molecule has 142 valence electrons. The van der Waals surface area contributed by atoms with Gasteiger partial charge in [0.2, 0.25) is 0 Å². The van der Waals surface area contributed by atoms with Crippen LogP contribution in [0.2, 0.25) is 0 Å². The highest BCUT2D eigenvalue weighted by atomic mass is 19.1. The van der Waals surface area contributed by atoms with E-state index in [2.05, 4.69) is 60.3 Å². The first-order valence-corrected chi connectivity index (χ1v) is 9.35. The van der Waals surface area contributed by atoms with Crippen LogP contribution in [0.4, 0.5) is 4.39 Å². The van der Waals surface area contributed by atoms with Crippen molar-refractivity contribution in [3.63, 3.8) is 0 Å². The molecule has 1 aromatic rings. The summed E-state index contributed by atoms with van der Waals surface area (Å²) in [5.74, 6) is -0.121. The smallest absolute Gasteiger partial charge is 0.127 e. The SMILES string of the molecule is C=C(C)\C(=C/C(C)=C/C=C\C)Cc1cccc(F)c1C(C)(C)C(C)(C)C. The topological polar surface area (TPSA) is 0 Å². The third kappa shape index (κ3) is 5.30. The van der Waals surface area contributed by atoms with Gasteiger partial charge in [-0.25, -0.2) is 4.39 Å². The van der Waals surface area contributed by atoms with Crippen molar-refractivity contribution in [2.45, 2.75) is 67.2 Å². The number of hydrogen-bond donors (Lipinski definition) is 0. The molecule has 0 saturated carbocycles. The van der Waals surface area contributed by atoms with Gasteiger partial charge in [-0.3, -0.25) is 0 Å². The Morgan fingerprint density at radius 3 is 2.23 bits per heavy atom. The minimum atomic E-state index is -0.288. The fourth-order valence-electron chi connectivity index (χ4n) is 2.89. The van der Waals surface area contributed by atoms with Gasteiger partial charge in [0.25, 0.3) is 0 Å². The number of hydrogen-bond acceptors (Lipinski definition) is 0. The average Bonchev–Trinajstić information content (AvgIpc) is 2.50. The predicted molar refractivity (Wildman–Crippen MR) is 114 cm³/mol. The van der Waals surface area contributed by atoms with Crippen LogP contribution in [0.1, 0.15) is 66.5 Å². The Balaban J connectivity index is 3.46. The van der Waals surface area contributed by atoms with Crippen LogP contribution in [0.25, 0.3) is 0 Å². The lowest BCUT2D eigenvalue weighted by Crippen LogP contribution is -2.36. The van der Waals surface area contributed by atoms with Crippen molar-refractivity contribution >= 4 is 0 Å². The largest absolute Gasteiger partial charge is 0.207 e. The molecule has 0 aliphatic carbocycles. The zero-order chi connectivity index (χ0) is 20.1. The van der Waals surface area contributed by atoms with Gasteiger partial charge >= 0.3 is 0 Å². The summed E-state index contributed by atoms with van der Waals surface area (Å²) >= 11 is 0. The van der Waals surface area contributed by atoms with Gasteiger partial charge in [0.1, 0.15) is 5.82 Å². The van der Waals surface area contributed by atoms with Crippen LogP contribution in [0.5, 0.6) is 0 Å². The van der Waals surface area contributed by atoms with Crippen LogP contribution in [0.3, 0.4) is 0 Å². The van der Waals surface area contributed by atoms with E-state index in [4.69, 9.17) is 0 Å². The number of rotatable bonds is 6. The number of allylic oxidation sites excluding steroid dienone is 7. The van der Waals surface area contributed by atoms with Crippen molar-refractivity contribution < 1.29 is 4.39 Å². The molecule has 0 heterocycles. The van der Waals surface area contributed by atoms with Gasteiger partial charge in [-0.15, -0.1) is 0 Å². The van der Waals surface area contributed by atoms with E-state index in [0.29, 0.717) is 6.42 Å². The molecule has 0 aliphatic rings. The first kappa shape index (κ1) is 22.2. The molecule has 0 spiro atoms. The summed E-state index contributed by atoms with van der Waals surface area (Å²) in [6, 6.07) is 5.44. The van der Waals surface area contributed by atoms with Crippen LogP contribution in [-0.4, -0.2) is 0 Å². The second-order valence-electron chi connectivity index (χ2n) is 8.71. The van der Waals surface area contributed by atoms with E-state index in [0.717, 1.165) is 27.8 Å². The fraction of sp³-hybridized carbons (Fsp3) is 0.440. The van der Waals surface area contributed by atoms with Gasteiger partial charge in [-0.1, -0.05) is 88.8 Å². The van der Waals surface area contributed by atoms with E-state index in [1.165, 1.54) is 0 Å². The van der Waals surface area contributed by atoms with E-state index < -0.39 is 0 Å². The van der Waals surface area contributed by atoms with Gasteiger partial charge < -0.3 is 0 Å². The summed E-state index contributed by atoms with van der Waals surface area (Å²) in [5, 5.41) is 0. The third-order valence-electron chi connectivity index (χ3n) is 5.48. The lowest BCUT2D eigenvalue weighted by Gasteiger charge is -2.41. The highest BCUT2D eigenvalue weighted by Crippen LogP contribution is 2.44. The second kappa shape index (κ2) is 8.66. The van der Waals surface area contributed by atoms with Crippen molar-refractivity contribution in [2.75, 3.05) is 0 Å². The van der Waals surface area contributed by atoms with Gasteiger partial charge in [-0.05, 0) is 60.8 Å². The summed E-state index contributed by atoms with van der Waals surface area (Å²) in [7, 11) is 0. The van der Waals surface area contributed by atoms with Gasteiger partial charge in [0.15, 0.2) is 0 Å². The summed E-state index contributed by atoms with van der Waals surface area (Å²) in [6.45, 7) is 21.0. The highest BCUT2D eigenvalue weighted by Gasteiger charge is 2.38. The fourth-order valence-corrected chi connectivity index (χ4v) is 2.89. The average molecular weight is 355 g/mol. The molecule has 0 unspecified atom stereocenters. The Hall–Kier alpha value is -1.89. The van der Waals surface area contributed by atoms with E-state index in [-0.39, 0.29) is 16.6 Å². The van der Waals surface area contributed by atoms with Crippen LogP contribution >= 0.6 is 0 Å². The zero-order valence-corrected chi connectivity index (χ0v) is 17.8. The number of benzene rings is 1. The van der Waals surface area contributed by atoms with Gasteiger partial charge in [0, 0.05) is 0 Å². The van der Waals surface area contributed by atoms with Crippen molar-refractivity contribution in [1.82, 2.24) is 0 Å². The van der Waals surface area contributed by atoms with Gasteiger partial charge in [0.05, 0.1) is 0 Å². The maximum Gasteiger partial charge on any atom is 0.127 e. The van der Waals surface area contributed by atoms with Crippen molar-refractivity contribution in [3.05, 3.63) is 82.7 Å². The number of halogens is 1. The summed E-state index contributed by atoms with van der Waals surface area (Å²) in [6.07, 6.45) is 8.95. The first-order chi connectivity index (χ1) is 11.9. The molecule has 1 rings (SSSR count). The van der Waals surface area contributed by atoms with E-state index in [9.17, 15) is 4.39 Å². The monoisotopic (exact) mass is 354 g/mol. The molecule has 1 aromatic carbocycles. The summed E-state index contributed by atoms with van der Waals surface area (Å²) in [5.41, 5.74) is 4.83. The van der Waals surface area contributed by atoms with Crippen LogP contribution in [0.15, 0.2) is 65.8 Å². The second-order valence-corrected chi connectivity index (χ2v) is 8.71. The minimum absolute atomic E-state index is 0.0568. The lowest BCUT2D eigenvalue weighted by molar-refractivity contribution is 0.218. The molecule has 0 N–H and O–H groups in total. The Labute approximate surface area is 160 Å². The lowest BCUT2D eigenvalue weighted by atomic mass is 9.63. The van der Waals surface area contributed by atoms with E-state index in [1.807, 2.05) is 38.1 Å². The molecule has 0 fully saturated rings. The Bertz CT molecular complexity index is 734. The highest BCUT2D eigenvalue weighted by molar-refractivity contribution is 5.44. The van der Waals surface area contributed by atoms with Crippen molar-refractivity contribution in [1.29, 1.82) is 0 Å². The molecule has 0 aromatic heterocycles. The normalized spacial score (nSPS) is 14.2. The van der Waals surface area contributed by atoms with Gasteiger partial charge in [-0.2, -0.15) is 0 Å².